The molecule has 1 aliphatic heterocycles. The van der Waals surface area contributed by atoms with Crippen molar-refractivity contribution >= 4 is 5.91 Å². The Morgan fingerprint density at radius 1 is 1.24 bits per heavy atom. The minimum absolute atomic E-state index is 0.142. The molecule has 138 valence electrons. The normalized spacial score (nSPS) is 26.4. The quantitative estimate of drug-likeness (QED) is 0.875. The van der Waals surface area contributed by atoms with Gasteiger partial charge < -0.3 is 15.7 Å². The van der Waals surface area contributed by atoms with Crippen LogP contribution in [0.3, 0.4) is 0 Å². The molecule has 3 rings (SSSR count). The highest BCUT2D eigenvalue weighted by Crippen LogP contribution is 2.48. The van der Waals surface area contributed by atoms with Crippen molar-refractivity contribution in [2.45, 2.75) is 43.6 Å². The number of halogens is 2. The first-order chi connectivity index (χ1) is 11.9. The number of benzene rings is 1. The van der Waals surface area contributed by atoms with E-state index in [4.69, 9.17) is 5.73 Å². The van der Waals surface area contributed by atoms with Gasteiger partial charge in [-0.1, -0.05) is 30.3 Å². The topological polar surface area (TPSA) is 66.6 Å². The Morgan fingerprint density at radius 2 is 1.88 bits per heavy atom. The van der Waals surface area contributed by atoms with E-state index in [9.17, 15) is 18.7 Å². The maximum atomic E-state index is 13.8. The van der Waals surface area contributed by atoms with Gasteiger partial charge in [0.2, 0.25) is 5.92 Å². The zero-order valence-electron chi connectivity index (χ0n) is 14.3. The van der Waals surface area contributed by atoms with Gasteiger partial charge in [-0.15, -0.1) is 0 Å². The number of nitrogens with two attached hydrogens (primary N) is 1. The van der Waals surface area contributed by atoms with E-state index < -0.39 is 29.8 Å². The fourth-order valence-corrected chi connectivity index (χ4v) is 4.15. The monoisotopic (exact) mass is 352 g/mol. The van der Waals surface area contributed by atoms with Crippen LogP contribution < -0.4 is 5.73 Å². The molecule has 2 atom stereocenters. The van der Waals surface area contributed by atoms with Crippen molar-refractivity contribution in [2.24, 2.45) is 17.6 Å². The van der Waals surface area contributed by atoms with Crippen LogP contribution in [0.4, 0.5) is 8.78 Å². The predicted octanol–water partition coefficient (Wildman–Crippen LogP) is 2.51. The third-order valence-corrected chi connectivity index (χ3v) is 5.77. The smallest absolute Gasteiger partial charge is 0.259 e. The van der Waals surface area contributed by atoms with Crippen LogP contribution in [0.5, 0.6) is 0 Å². The second-order valence-electron chi connectivity index (χ2n) is 7.40. The summed E-state index contributed by atoms with van der Waals surface area (Å²) in [7, 11) is 0. The Balaban J connectivity index is 1.88. The fourth-order valence-electron chi connectivity index (χ4n) is 4.15. The molecule has 2 fully saturated rings. The molecular weight excluding hydrogens is 326 g/mol. The molecule has 1 heterocycles. The van der Waals surface area contributed by atoms with Crippen molar-refractivity contribution < 1.29 is 18.7 Å². The lowest BCUT2D eigenvalue weighted by molar-refractivity contribution is -0.161. The van der Waals surface area contributed by atoms with Gasteiger partial charge in [-0.2, -0.15) is 0 Å². The Kier molecular flexibility index (Phi) is 5.11. The van der Waals surface area contributed by atoms with E-state index in [0.717, 1.165) is 12.8 Å². The zero-order valence-corrected chi connectivity index (χ0v) is 14.3. The van der Waals surface area contributed by atoms with Gasteiger partial charge in [0, 0.05) is 31.8 Å². The molecule has 1 saturated heterocycles. The van der Waals surface area contributed by atoms with Crippen LogP contribution in [0, 0.1) is 11.8 Å². The van der Waals surface area contributed by atoms with Gasteiger partial charge in [-0.05, 0) is 37.3 Å². The van der Waals surface area contributed by atoms with E-state index in [0.29, 0.717) is 31.1 Å². The lowest BCUT2D eigenvalue weighted by Gasteiger charge is -2.40. The van der Waals surface area contributed by atoms with Gasteiger partial charge in [-0.3, -0.25) is 4.79 Å². The summed E-state index contributed by atoms with van der Waals surface area (Å²) in [5.41, 5.74) is 4.21. The molecule has 0 unspecified atom stereocenters. The molecule has 1 saturated carbocycles. The standard InChI is InChI=1S/C19H26F2N2O2/c20-18(21)9-6-16(12-18)19(25,15-4-2-1-3-5-15)17(24)23-10-7-14(13-22)8-11-23/h1-5,14,16,25H,6-13,22H2/t16-,19+/m1/s1. The minimum Gasteiger partial charge on any atom is -0.375 e. The van der Waals surface area contributed by atoms with Gasteiger partial charge in [0.1, 0.15) is 0 Å². The molecule has 6 heteroatoms. The molecule has 3 N–H and O–H groups in total. The lowest BCUT2D eigenvalue weighted by atomic mass is 9.78. The van der Waals surface area contributed by atoms with Gasteiger partial charge >= 0.3 is 0 Å². The number of alkyl halides is 2. The number of rotatable bonds is 4. The summed E-state index contributed by atoms with van der Waals surface area (Å²) in [5, 5.41) is 11.4. The SMILES string of the molecule is NCC1CCN(C(=O)[C@](O)(c2ccccc2)[C@@H]2CCC(F)(F)C2)CC1. The number of carbonyl (C=O) groups excluding carboxylic acids is 1. The minimum atomic E-state index is -2.82. The van der Waals surface area contributed by atoms with Crippen molar-refractivity contribution in [3.8, 4) is 0 Å². The molecule has 0 radical (unpaired) electrons. The van der Waals surface area contributed by atoms with E-state index in [1.165, 1.54) is 0 Å². The lowest BCUT2D eigenvalue weighted by Crippen LogP contribution is -2.53. The highest BCUT2D eigenvalue weighted by molar-refractivity contribution is 5.87. The van der Waals surface area contributed by atoms with E-state index >= 15 is 0 Å². The van der Waals surface area contributed by atoms with Crippen LogP contribution in [0.2, 0.25) is 0 Å². The average molecular weight is 352 g/mol. The molecule has 1 aromatic carbocycles. The van der Waals surface area contributed by atoms with E-state index in [1.54, 1.807) is 35.2 Å². The second kappa shape index (κ2) is 7.00. The molecule has 0 aromatic heterocycles. The fraction of sp³-hybridized carbons (Fsp3) is 0.632. The van der Waals surface area contributed by atoms with Crippen LogP contribution in [-0.2, 0) is 10.4 Å². The van der Waals surface area contributed by atoms with Gasteiger partial charge in [0.25, 0.3) is 5.91 Å². The summed E-state index contributed by atoms with van der Waals surface area (Å²) < 4.78 is 27.6. The average Bonchev–Trinajstić information content (AvgIpc) is 3.01. The number of hydrogen-bond acceptors (Lipinski definition) is 3. The number of likely N-dealkylation sites (tertiary alicyclic amines) is 1. The Morgan fingerprint density at radius 3 is 2.40 bits per heavy atom. The molecule has 2 aliphatic rings. The van der Waals surface area contributed by atoms with Crippen LogP contribution in [0.15, 0.2) is 30.3 Å². The highest BCUT2D eigenvalue weighted by Gasteiger charge is 2.54. The summed E-state index contributed by atoms with van der Waals surface area (Å²) in [6.07, 6.45) is 0.976. The van der Waals surface area contributed by atoms with Crippen molar-refractivity contribution in [3.63, 3.8) is 0 Å². The maximum absolute atomic E-state index is 13.8. The van der Waals surface area contributed by atoms with Crippen molar-refractivity contribution in [1.82, 2.24) is 4.90 Å². The molecular formula is C19H26F2N2O2. The van der Waals surface area contributed by atoms with Crippen molar-refractivity contribution in [1.29, 1.82) is 0 Å². The van der Waals surface area contributed by atoms with Gasteiger partial charge in [0.05, 0.1) is 0 Å². The number of piperidine rings is 1. The third-order valence-electron chi connectivity index (χ3n) is 5.77. The molecule has 0 spiro atoms. The van der Waals surface area contributed by atoms with Crippen molar-refractivity contribution in [2.75, 3.05) is 19.6 Å². The van der Waals surface area contributed by atoms with Crippen LogP contribution in [0.1, 0.15) is 37.7 Å². The third kappa shape index (κ3) is 3.55. The Bertz CT molecular complexity index is 603. The molecule has 1 amide bonds. The molecule has 1 aromatic rings. The summed E-state index contributed by atoms with van der Waals surface area (Å²) in [6.45, 7) is 1.61. The van der Waals surface area contributed by atoms with E-state index in [-0.39, 0.29) is 12.8 Å². The van der Waals surface area contributed by atoms with Gasteiger partial charge in [0.15, 0.2) is 5.60 Å². The summed E-state index contributed by atoms with van der Waals surface area (Å²) in [6, 6.07) is 8.54. The number of nitrogens with zero attached hydrogens (tertiary/aromatic N) is 1. The second-order valence-corrected chi connectivity index (χ2v) is 7.40. The van der Waals surface area contributed by atoms with Crippen molar-refractivity contribution in [3.05, 3.63) is 35.9 Å². The van der Waals surface area contributed by atoms with Crippen LogP contribution in [0.25, 0.3) is 0 Å². The first-order valence-electron chi connectivity index (χ1n) is 9.02. The predicted molar refractivity (Wildman–Crippen MR) is 91.0 cm³/mol. The number of hydrogen-bond donors (Lipinski definition) is 2. The summed E-state index contributed by atoms with van der Waals surface area (Å²) >= 11 is 0. The van der Waals surface area contributed by atoms with Crippen LogP contribution in [-0.4, -0.2) is 41.5 Å². The Hall–Kier alpha value is -1.53. The molecule has 0 bridgehead atoms. The van der Waals surface area contributed by atoms with E-state index in [2.05, 4.69) is 0 Å². The largest absolute Gasteiger partial charge is 0.375 e. The first kappa shape index (κ1) is 18.3. The molecule has 25 heavy (non-hydrogen) atoms. The zero-order chi connectivity index (χ0) is 18.1. The highest BCUT2D eigenvalue weighted by atomic mass is 19.3. The van der Waals surface area contributed by atoms with Crippen LogP contribution >= 0.6 is 0 Å². The Labute approximate surface area is 147 Å². The first-order valence-corrected chi connectivity index (χ1v) is 9.02. The number of carbonyl (C=O) groups is 1. The molecule has 4 nitrogen and oxygen atoms in total. The van der Waals surface area contributed by atoms with E-state index in [1.807, 2.05) is 0 Å². The maximum Gasteiger partial charge on any atom is 0.259 e. The van der Waals surface area contributed by atoms with Gasteiger partial charge in [-0.25, -0.2) is 8.78 Å². The summed E-state index contributed by atoms with van der Waals surface area (Å²) in [5.74, 6) is -3.66. The molecule has 1 aliphatic carbocycles. The summed E-state index contributed by atoms with van der Waals surface area (Å²) in [4.78, 5) is 14.8. The number of amides is 1. The number of aliphatic hydroxyl groups is 1.